The van der Waals surface area contributed by atoms with E-state index in [-0.39, 0.29) is 36.1 Å². The zero-order chi connectivity index (χ0) is 18.5. The van der Waals surface area contributed by atoms with Gasteiger partial charge in [0.15, 0.2) is 0 Å². The second-order valence-corrected chi connectivity index (χ2v) is 6.05. The van der Waals surface area contributed by atoms with Gasteiger partial charge in [-0.2, -0.15) is 0 Å². The highest BCUT2D eigenvalue weighted by atomic mass is 19.1. The standard InChI is InChI=1S/C18H19FN4O3/c1-26-18-20-9-13(10-21-18)17(25)22-15-8-16(24)23(11-15)7-6-12-2-4-14(19)5-3-12/h2-5,9-10,15H,6-8,11H2,1H3,(H,22,25). The van der Waals surface area contributed by atoms with Crippen molar-refractivity contribution in [3.63, 3.8) is 0 Å². The van der Waals surface area contributed by atoms with Crippen molar-refractivity contribution < 1.29 is 18.7 Å². The van der Waals surface area contributed by atoms with Crippen molar-refractivity contribution in [3.8, 4) is 6.01 Å². The topological polar surface area (TPSA) is 84.4 Å². The van der Waals surface area contributed by atoms with Gasteiger partial charge in [-0.15, -0.1) is 0 Å². The van der Waals surface area contributed by atoms with Crippen LogP contribution in [0, 0.1) is 5.82 Å². The van der Waals surface area contributed by atoms with Gasteiger partial charge in [-0.1, -0.05) is 12.1 Å². The molecule has 1 atom stereocenters. The van der Waals surface area contributed by atoms with Crippen LogP contribution in [0.15, 0.2) is 36.7 Å². The fourth-order valence-electron chi connectivity index (χ4n) is 2.81. The van der Waals surface area contributed by atoms with Gasteiger partial charge in [0.1, 0.15) is 5.82 Å². The van der Waals surface area contributed by atoms with E-state index in [9.17, 15) is 14.0 Å². The first-order chi connectivity index (χ1) is 12.5. The van der Waals surface area contributed by atoms with E-state index in [2.05, 4.69) is 15.3 Å². The van der Waals surface area contributed by atoms with E-state index in [1.165, 1.54) is 31.6 Å². The van der Waals surface area contributed by atoms with Gasteiger partial charge in [-0.05, 0) is 24.1 Å². The highest BCUT2D eigenvalue weighted by Gasteiger charge is 2.30. The smallest absolute Gasteiger partial charge is 0.316 e. The number of amides is 2. The number of aromatic nitrogens is 2. The fraction of sp³-hybridized carbons (Fsp3) is 0.333. The van der Waals surface area contributed by atoms with Crippen LogP contribution < -0.4 is 10.1 Å². The Bertz CT molecular complexity index is 780. The van der Waals surface area contributed by atoms with Gasteiger partial charge in [0.2, 0.25) is 5.91 Å². The van der Waals surface area contributed by atoms with E-state index < -0.39 is 0 Å². The highest BCUT2D eigenvalue weighted by molar-refractivity contribution is 5.94. The Morgan fingerprint density at radius 3 is 2.65 bits per heavy atom. The summed E-state index contributed by atoms with van der Waals surface area (Å²) in [4.78, 5) is 33.9. The number of hydrogen-bond acceptors (Lipinski definition) is 5. The Morgan fingerprint density at radius 2 is 2.00 bits per heavy atom. The Hall–Kier alpha value is -3.03. The van der Waals surface area contributed by atoms with E-state index in [4.69, 9.17) is 4.74 Å². The molecule has 26 heavy (non-hydrogen) atoms. The van der Waals surface area contributed by atoms with Crippen molar-refractivity contribution >= 4 is 11.8 Å². The monoisotopic (exact) mass is 358 g/mol. The number of rotatable bonds is 6. The number of nitrogens with zero attached hydrogens (tertiary/aromatic N) is 3. The molecule has 0 aliphatic carbocycles. The number of benzene rings is 1. The maximum Gasteiger partial charge on any atom is 0.316 e. The van der Waals surface area contributed by atoms with Gasteiger partial charge < -0.3 is 15.0 Å². The summed E-state index contributed by atoms with van der Waals surface area (Å²) in [6, 6.07) is 6.15. The molecule has 1 fully saturated rings. The number of carbonyl (C=O) groups is 2. The molecule has 1 aliphatic heterocycles. The Morgan fingerprint density at radius 1 is 1.31 bits per heavy atom. The van der Waals surface area contributed by atoms with Crippen LogP contribution in [0.2, 0.25) is 0 Å². The lowest BCUT2D eigenvalue weighted by Crippen LogP contribution is -2.37. The lowest BCUT2D eigenvalue weighted by molar-refractivity contribution is -0.127. The third kappa shape index (κ3) is 4.33. The SMILES string of the molecule is COc1ncc(C(=O)NC2CC(=O)N(CCc3ccc(F)cc3)C2)cn1. The molecular weight excluding hydrogens is 339 g/mol. The third-order valence-electron chi connectivity index (χ3n) is 4.21. The zero-order valence-electron chi connectivity index (χ0n) is 14.3. The van der Waals surface area contributed by atoms with Crippen LogP contribution in [-0.2, 0) is 11.2 Å². The van der Waals surface area contributed by atoms with Crippen molar-refractivity contribution in [2.24, 2.45) is 0 Å². The minimum atomic E-state index is -0.328. The summed E-state index contributed by atoms with van der Waals surface area (Å²) in [5, 5.41) is 2.83. The summed E-state index contributed by atoms with van der Waals surface area (Å²) in [5.74, 6) is -0.620. The van der Waals surface area contributed by atoms with Crippen molar-refractivity contribution in [2.45, 2.75) is 18.9 Å². The summed E-state index contributed by atoms with van der Waals surface area (Å²) in [7, 11) is 1.44. The zero-order valence-corrected chi connectivity index (χ0v) is 14.3. The second-order valence-electron chi connectivity index (χ2n) is 6.05. The Kier molecular flexibility index (Phi) is 5.40. The van der Waals surface area contributed by atoms with Crippen LogP contribution >= 0.6 is 0 Å². The van der Waals surface area contributed by atoms with Crippen molar-refractivity contribution in [3.05, 3.63) is 53.6 Å². The van der Waals surface area contributed by atoms with Crippen LogP contribution in [0.4, 0.5) is 4.39 Å². The number of ether oxygens (including phenoxy) is 1. The second kappa shape index (κ2) is 7.90. The molecule has 2 amide bonds. The fourth-order valence-corrected chi connectivity index (χ4v) is 2.81. The maximum absolute atomic E-state index is 12.9. The molecular formula is C18H19FN4O3. The lowest BCUT2D eigenvalue weighted by Gasteiger charge is -2.17. The minimum Gasteiger partial charge on any atom is -0.467 e. The molecule has 1 aromatic carbocycles. The number of halogens is 1. The molecule has 2 heterocycles. The normalized spacial score (nSPS) is 16.6. The van der Waals surface area contributed by atoms with Gasteiger partial charge >= 0.3 is 6.01 Å². The molecule has 7 nitrogen and oxygen atoms in total. The van der Waals surface area contributed by atoms with Gasteiger partial charge in [-0.3, -0.25) is 9.59 Å². The lowest BCUT2D eigenvalue weighted by atomic mass is 10.1. The molecule has 1 unspecified atom stereocenters. The predicted molar refractivity (Wildman–Crippen MR) is 91.1 cm³/mol. The summed E-state index contributed by atoms with van der Waals surface area (Å²) >= 11 is 0. The van der Waals surface area contributed by atoms with Crippen LogP contribution in [-0.4, -0.2) is 52.9 Å². The largest absolute Gasteiger partial charge is 0.467 e. The van der Waals surface area contributed by atoms with Gasteiger partial charge in [-0.25, -0.2) is 14.4 Å². The number of likely N-dealkylation sites (tertiary alicyclic amines) is 1. The number of nitrogens with one attached hydrogen (secondary N) is 1. The van der Waals surface area contributed by atoms with E-state index in [1.807, 2.05) is 0 Å². The molecule has 0 saturated carbocycles. The molecule has 0 radical (unpaired) electrons. The molecule has 2 aromatic rings. The molecule has 0 bridgehead atoms. The molecule has 3 rings (SSSR count). The average molecular weight is 358 g/mol. The van der Waals surface area contributed by atoms with E-state index >= 15 is 0 Å². The molecule has 1 aliphatic rings. The summed E-state index contributed by atoms with van der Waals surface area (Å²) < 4.78 is 17.8. The van der Waals surface area contributed by atoms with Crippen LogP contribution in [0.1, 0.15) is 22.3 Å². The first kappa shape index (κ1) is 17.8. The quantitative estimate of drug-likeness (QED) is 0.839. The first-order valence-corrected chi connectivity index (χ1v) is 8.24. The van der Waals surface area contributed by atoms with Gasteiger partial charge in [0.25, 0.3) is 5.91 Å². The predicted octanol–water partition coefficient (Wildman–Crippen LogP) is 1.20. The summed E-state index contributed by atoms with van der Waals surface area (Å²) in [6.07, 6.45) is 3.65. The van der Waals surface area contributed by atoms with Crippen LogP contribution in [0.5, 0.6) is 6.01 Å². The Labute approximate surface area is 150 Å². The molecule has 1 N–H and O–H groups in total. The van der Waals surface area contributed by atoms with Crippen LogP contribution in [0.25, 0.3) is 0 Å². The first-order valence-electron chi connectivity index (χ1n) is 8.24. The highest BCUT2D eigenvalue weighted by Crippen LogP contribution is 2.14. The average Bonchev–Trinajstić information content (AvgIpc) is 3.00. The molecule has 0 spiro atoms. The maximum atomic E-state index is 12.9. The minimum absolute atomic E-state index is 0.0107. The molecule has 1 aromatic heterocycles. The van der Waals surface area contributed by atoms with Gasteiger partial charge in [0, 0.05) is 31.9 Å². The van der Waals surface area contributed by atoms with Crippen LogP contribution in [0.3, 0.4) is 0 Å². The van der Waals surface area contributed by atoms with Crippen molar-refractivity contribution in [2.75, 3.05) is 20.2 Å². The van der Waals surface area contributed by atoms with E-state index in [1.54, 1.807) is 17.0 Å². The molecule has 136 valence electrons. The number of methoxy groups -OCH3 is 1. The number of carbonyl (C=O) groups excluding carboxylic acids is 2. The third-order valence-corrected chi connectivity index (χ3v) is 4.21. The van der Waals surface area contributed by atoms with Gasteiger partial charge in [0.05, 0.1) is 18.7 Å². The molecule has 1 saturated heterocycles. The van der Waals surface area contributed by atoms with Crippen molar-refractivity contribution in [1.29, 1.82) is 0 Å². The summed E-state index contributed by atoms with van der Waals surface area (Å²) in [6.45, 7) is 0.977. The van der Waals surface area contributed by atoms with Crippen molar-refractivity contribution in [1.82, 2.24) is 20.2 Å². The Balaban J connectivity index is 1.51. The summed E-state index contributed by atoms with van der Waals surface area (Å²) in [5.41, 5.74) is 1.27. The van der Waals surface area contributed by atoms with E-state index in [0.717, 1.165) is 5.56 Å². The number of hydrogen-bond donors (Lipinski definition) is 1. The van der Waals surface area contributed by atoms with E-state index in [0.29, 0.717) is 25.1 Å². The molecule has 8 heteroatoms.